The van der Waals surface area contributed by atoms with Gasteiger partial charge in [0, 0.05) is 29.9 Å². The van der Waals surface area contributed by atoms with Crippen molar-refractivity contribution in [3.8, 4) is 0 Å². The topological polar surface area (TPSA) is 37.4 Å². The van der Waals surface area contributed by atoms with E-state index in [1.807, 2.05) is 12.1 Å². The third kappa shape index (κ3) is 4.28. The summed E-state index contributed by atoms with van der Waals surface area (Å²) in [6, 6.07) is 7.51. The minimum absolute atomic E-state index is 0.371. The molecule has 0 N–H and O–H groups in total. The standard InChI is InChI=1S/C13H20BrNO2S/c1-11(2)15(10-4-9-14)12-5-7-13(8-6-12)18(3,16)17/h5-8,11H,4,9-10H2,1-3H3. The average Bonchev–Trinajstić information content (AvgIpc) is 2.28. The SMILES string of the molecule is CC(C)N(CCCBr)c1ccc(S(C)(=O)=O)cc1. The number of halogens is 1. The van der Waals surface area contributed by atoms with E-state index in [9.17, 15) is 8.42 Å². The Labute approximate surface area is 118 Å². The summed E-state index contributed by atoms with van der Waals surface area (Å²) in [6.45, 7) is 5.23. The monoisotopic (exact) mass is 333 g/mol. The van der Waals surface area contributed by atoms with Crippen LogP contribution in [-0.2, 0) is 9.84 Å². The van der Waals surface area contributed by atoms with E-state index in [1.165, 1.54) is 6.26 Å². The summed E-state index contributed by atoms with van der Waals surface area (Å²) in [7, 11) is -3.11. The fraction of sp³-hybridized carbons (Fsp3) is 0.538. The second-order valence-corrected chi connectivity index (χ2v) is 7.40. The first-order valence-electron chi connectivity index (χ1n) is 5.99. The lowest BCUT2D eigenvalue weighted by atomic mass is 10.2. The molecule has 0 aliphatic heterocycles. The summed E-state index contributed by atoms with van der Waals surface area (Å²) in [6.07, 6.45) is 2.29. The summed E-state index contributed by atoms with van der Waals surface area (Å²) in [4.78, 5) is 2.64. The molecular formula is C13H20BrNO2S. The maximum absolute atomic E-state index is 11.4. The van der Waals surface area contributed by atoms with Gasteiger partial charge >= 0.3 is 0 Å². The van der Waals surface area contributed by atoms with Gasteiger partial charge in [0.25, 0.3) is 0 Å². The molecule has 0 heterocycles. The Morgan fingerprint density at radius 2 is 1.78 bits per heavy atom. The summed E-state index contributed by atoms with van der Waals surface area (Å²) >= 11 is 3.43. The first kappa shape index (κ1) is 15.5. The van der Waals surface area contributed by atoms with E-state index in [2.05, 4.69) is 34.7 Å². The van der Waals surface area contributed by atoms with Crippen molar-refractivity contribution in [1.82, 2.24) is 0 Å². The van der Waals surface area contributed by atoms with Crippen molar-refractivity contribution in [3.63, 3.8) is 0 Å². The van der Waals surface area contributed by atoms with Crippen LogP contribution < -0.4 is 4.90 Å². The van der Waals surface area contributed by atoms with Crippen LogP contribution in [-0.4, -0.2) is 32.6 Å². The molecule has 0 saturated heterocycles. The normalized spacial score (nSPS) is 11.8. The van der Waals surface area contributed by atoms with Crippen LogP contribution in [0.15, 0.2) is 29.2 Å². The van der Waals surface area contributed by atoms with Gasteiger partial charge in [0.15, 0.2) is 9.84 Å². The van der Waals surface area contributed by atoms with Gasteiger partial charge in [-0.3, -0.25) is 0 Å². The highest BCUT2D eigenvalue weighted by Crippen LogP contribution is 2.20. The Bertz CT molecular complexity index is 468. The average molecular weight is 334 g/mol. The van der Waals surface area contributed by atoms with Gasteiger partial charge in [-0.05, 0) is 44.5 Å². The van der Waals surface area contributed by atoms with E-state index in [1.54, 1.807) is 12.1 Å². The van der Waals surface area contributed by atoms with Crippen LogP contribution in [0.25, 0.3) is 0 Å². The van der Waals surface area contributed by atoms with Crippen LogP contribution in [0.4, 0.5) is 5.69 Å². The predicted molar refractivity (Wildman–Crippen MR) is 80.4 cm³/mol. The zero-order chi connectivity index (χ0) is 13.8. The highest BCUT2D eigenvalue weighted by atomic mass is 79.9. The minimum Gasteiger partial charge on any atom is -0.369 e. The Morgan fingerprint density at radius 3 is 2.17 bits per heavy atom. The second kappa shape index (κ2) is 6.57. The lowest BCUT2D eigenvalue weighted by molar-refractivity contribution is 0.602. The predicted octanol–water partition coefficient (Wildman–Crippen LogP) is 3.09. The molecular weight excluding hydrogens is 314 g/mol. The van der Waals surface area contributed by atoms with E-state index < -0.39 is 9.84 Å². The van der Waals surface area contributed by atoms with Gasteiger partial charge in [-0.25, -0.2) is 8.42 Å². The van der Waals surface area contributed by atoms with Crippen molar-refractivity contribution < 1.29 is 8.42 Å². The molecule has 0 amide bonds. The molecule has 0 atom stereocenters. The number of anilines is 1. The molecule has 1 aromatic rings. The molecule has 102 valence electrons. The highest BCUT2D eigenvalue weighted by Gasteiger charge is 2.12. The number of hydrogen-bond acceptors (Lipinski definition) is 3. The molecule has 18 heavy (non-hydrogen) atoms. The van der Waals surface area contributed by atoms with E-state index in [0.717, 1.165) is 24.0 Å². The summed E-state index contributed by atoms with van der Waals surface area (Å²) in [5.41, 5.74) is 1.07. The first-order valence-corrected chi connectivity index (χ1v) is 9.00. The number of benzene rings is 1. The van der Waals surface area contributed by atoms with Crippen LogP contribution in [0.1, 0.15) is 20.3 Å². The van der Waals surface area contributed by atoms with Crippen LogP contribution in [0.3, 0.4) is 0 Å². The van der Waals surface area contributed by atoms with Crippen LogP contribution >= 0.6 is 15.9 Å². The molecule has 0 fully saturated rings. The Hall–Kier alpha value is -0.550. The number of hydrogen-bond donors (Lipinski definition) is 0. The molecule has 0 bridgehead atoms. The van der Waals surface area contributed by atoms with Gasteiger partial charge in [0.1, 0.15) is 0 Å². The van der Waals surface area contributed by atoms with Crippen LogP contribution in [0, 0.1) is 0 Å². The maximum Gasteiger partial charge on any atom is 0.175 e. The molecule has 3 nitrogen and oxygen atoms in total. The summed E-state index contributed by atoms with van der Waals surface area (Å²) in [5.74, 6) is 0. The van der Waals surface area contributed by atoms with Gasteiger partial charge < -0.3 is 4.90 Å². The summed E-state index contributed by atoms with van der Waals surface area (Å²) in [5, 5.41) is 0.970. The lowest BCUT2D eigenvalue weighted by Crippen LogP contribution is -2.31. The zero-order valence-corrected chi connectivity index (χ0v) is 13.5. The van der Waals surface area contributed by atoms with Crippen LogP contribution in [0.5, 0.6) is 0 Å². The number of alkyl halides is 1. The minimum atomic E-state index is -3.11. The first-order chi connectivity index (χ1) is 8.36. The number of sulfone groups is 1. The third-order valence-electron chi connectivity index (χ3n) is 2.75. The fourth-order valence-electron chi connectivity index (χ4n) is 1.80. The van der Waals surface area contributed by atoms with Crippen molar-refractivity contribution in [1.29, 1.82) is 0 Å². The Kier molecular flexibility index (Phi) is 5.66. The Morgan fingerprint density at radius 1 is 1.22 bits per heavy atom. The van der Waals surface area contributed by atoms with E-state index in [-0.39, 0.29) is 0 Å². The molecule has 5 heteroatoms. The molecule has 0 aliphatic rings. The molecule has 1 rings (SSSR count). The zero-order valence-electron chi connectivity index (χ0n) is 11.1. The van der Waals surface area contributed by atoms with Gasteiger partial charge in [-0.1, -0.05) is 15.9 Å². The largest absolute Gasteiger partial charge is 0.369 e. The van der Waals surface area contributed by atoms with Gasteiger partial charge in [-0.2, -0.15) is 0 Å². The van der Waals surface area contributed by atoms with Gasteiger partial charge in [0.2, 0.25) is 0 Å². The lowest BCUT2D eigenvalue weighted by Gasteiger charge is -2.29. The van der Waals surface area contributed by atoms with Crippen molar-refractivity contribution in [2.75, 3.05) is 23.0 Å². The molecule has 0 aliphatic carbocycles. The molecule has 1 aromatic carbocycles. The van der Waals surface area contributed by atoms with Crippen LogP contribution in [0.2, 0.25) is 0 Å². The second-order valence-electron chi connectivity index (χ2n) is 4.60. The van der Waals surface area contributed by atoms with Crippen molar-refractivity contribution in [2.45, 2.75) is 31.2 Å². The fourth-order valence-corrected chi connectivity index (χ4v) is 2.68. The Balaban J connectivity index is 2.94. The third-order valence-corrected chi connectivity index (χ3v) is 4.44. The summed E-state index contributed by atoms with van der Waals surface area (Å²) < 4.78 is 22.8. The van der Waals surface area contributed by atoms with E-state index >= 15 is 0 Å². The van der Waals surface area contributed by atoms with Crippen molar-refractivity contribution in [2.24, 2.45) is 0 Å². The number of nitrogens with zero attached hydrogens (tertiary/aromatic N) is 1. The number of rotatable bonds is 6. The van der Waals surface area contributed by atoms with Crippen molar-refractivity contribution >= 4 is 31.5 Å². The molecule has 0 unspecified atom stereocenters. The smallest absolute Gasteiger partial charge is 0.175 e. The molecule has 0 saturated carbocycles. The van der Waals surface area contributed by atoms with Gasteiger partial charge in [0.05, 0.1) is 4.90 Å². The van der Waals surface area contributed by atoms with Crippen molar-refractivity contribution in [3.05, 3.63) is 24.3 Å². The quantitative estimate of drug-likeness (QED) is 0.750. The molecule has 0 spiro atoms. The van der Waals surface area contributed by atoms with Gasteiger partial charge in [-0.15, -0.1) is 0 Å². The highest BCUT2D eigenvalue weighted by molar-refractivity contribution is 9.09. The van der Waals surface area contributed by atoms with E-state index in [4.69, 9.17) is 0 Å². The van der Waals surface area contributed by atoms with E-state index in [0.29, 0.717) is 10.9 Å². The maximum atomic E-state index is 11.4. The molecule has 0 aromatic heterocycles. The molecule has 0 radical (unpaired) electrons.